The van der Waals surface area contributed by atoms with E-state index in [1.165, 1.54) is 4.90 Å². The molecule has 0 bridgehead atoms. The van der Waals surface area contributed by atoms with Gasteiger partial charge in [0, 0.05) is 18.2 Å². The molecule has 2 heterocycles. The van der Waals surface area contributed by atoms with Gasteiger partial charge in [-0.25, -0.2) is 17.8 Å². The fourth-order valence-electron chi connectivity index (χ4n) is 4.99. The number of aliphatic hydroxyl groups is 1. The van der Waals surface area contributed by atoms with Gasteiger partial charge in [-0.05, 0) is 61.9 Å². The number of aromatic nitrogens is 1. The van der Waals surface area contributed by atoms with Crippen molar-refractivity contribution in [1.82, 2.24) is 15.2 Å². The van der Waals surface area contributed by atoms with Crippen molar-refractivity contribution in [1.29, 1.82) is 5.26 Å². The number of pyridine rings is 1. The van der Waals surface area contributed by atoms with Crippen LogP contribution in [0, 0.1) is 17.1 Å². The number of amides is 1. The van der Waals surface area contributed by atoms with E-state index in [9.17, 15) is 28.0 Å². The number of nitrogens with zero attached hydrogens (tertiary/aromatic N) is 3. The highest BCUT2D eigenvalue weighted by Gasteiger charge is 2.58. The second kappa shape index (κ2) is 8.92. The van der Waals surface area contributed by atoms with Crippen LogP contribution >= 0.6 is 23.2 Å². The van der Waals surface area contributed by atoms with Gasteiger partial charge >= 0.3 is 0 Å². The summed E-state index contributed by atoms with van der Waals surface area (Å²) in [6, 6.07) is 7.53. The lowest BCUT2D eigenvalue weighted by atomic mass is 9.94. The molecule has 36 heavy (non-hydrogen) atoms. The van der Waals surface area contributed by atoms with Gasteiger partial charge in [0.2, 0.25) is 5.91 Å². The third-order valence-electron chi connectivity index (χ3n) is 7.47. The van der Waals surface area contributed by atoms with Crippen molar-refractivity contribution in [3.05, 3.63) is 58.1 Å². The SMILES string of the molecule is N#CC1(NC(=O)C2CC(S(=O)(=O)c3ccc(F)cc3Cl)CN2C(O)C2(c3ccc(Cl)nc3)CC2)CC1. The van der Waals surface area contributed by atoms with E-state index in [1.54, 1.807) is 18.3 Å². The summed E-state index contributed by atoms with van der Waals surface area (Å²) in [4.78, 5) is 18.7. The first-order valence-corrected chi connectivity index (χ1v) is 13.8. The molecule has 2 aromatic rings. The van der Waals surface area contributed by atoms with Gasteiger partial charge in [-0.2, -0.15) is 5.26 Å². The Balaban J connectivity index is 1.47. The number of hydrogen-bond donors (Lipinski definition) is 2. The first kappa shape index (κ1) is 25.4. The van der Waals surface area contributed by atoms with Gasteiger partial charge in [0.1, 0.15) is 22.7 Å². The Bertz CT molecular complexity index is 1360. The van der Waals surface area contributed by atoms with Crippen LogP contribution in [-0.4, -0.2) is 58.9 Å². The molecule has 1 aromatic carbocycles. The summed E-state index contributed by atoms with van der Waals surface area (Å²) in [5.41, 5.74) is -0.945. The van der Waals surface area contributed by atoms with Crippen LogP contribution in [-0.2, 0) is 20.0 Å². The third kappa shape index (κ3) is 4.37. The van der Waals surface area contributed by atoms with Crippen LogP contribution in [0.5, 0.6) is 0 Å². The number of carbonyl (C=O) groups excluding carboxylic acids is 1. The predicted molar refractivity (Wildman–Crippen MR) is 129 cm³/mol. The second-order valence-electron chi connectivity index (χ2n) is 9.77. The summed E-state index contributed by atoms with van der Waals surface area (Å²) >= 11 is 12.0. The van der Waals surface area contributed by atoms with Crippen molar-refractivity contribution in [3.8, 4) is 6.07 Å². The maximum Gasteiger partial charge on any atom is 0.238 e. The van der Waals surface area contributed by atoms with Gasteiger partial charge in [0.15, 0.2) is 9.84 Å². The monoisotopic (exact) mass is 552 g/mol. The van der Waals surface area contributed by atoms with Gasteiger partial charge in [-0.1, -0.05) is 29.3 Å². The molecule has 3 aliphatic rings. The Morgan fingerprint density at radius 3 is 2.53 bits per heavy atom. The van der Waals surface area contributed by atoms with Crippen LogP contribution in [0.4, 0.5) is 4.39 Å². The lowest BCUT2D eigenvalue weighted by Crippen LogP contribution is -2.53. The first-order valence-electron chi connectivity index (χ1n) is 11.5. The summed E-state index contributed by atoms with van der Waals surface area (Å²) in [5, 5.41) is 22.7. The normalized spacial score (nSPS) is 25.1. The zero-order valence-corrected chi connectivity index (χ0v) is 21.3. The summed E-state index contributed by atoms with van der Waals surface area (Å²) in [7, 11) is -4.07. The van der Waals surface area contributed by atoms with Crippen LogP contribution in [0.15, 0.2) is 41.4 Å². The fraction of sp³-hybridized carbons (Fsp3) is 0.458. The van der Waals surface area contributed by atoms with Crippen LogP contribution in [0.3, 0.4) is 0 Å². The zero-order chi connectivity index (χ0) is 25.9. The molecule has 1 amide bonds. The molecule has 1 aliphatic heterocycles. The Morgan fingerprint density at radius 1 is 1.25 bits per heavy atom. The van der Waals surface area contributed by atoms with E-state index in [2.05, 4.69) is 16.4 Å². The topological polar surface area (TPSA) is 123 Å². The number of hydrogen-bond acceptors (Lipinski definition) is 7. The summed E-state index contributed by atoms with van der Waals surface area (Å²) in [6.07, 6.45) is 2.53. The number of sulfone groups is 1. The average Bonchev–Trinajstić information content (AvgIpc) is 3.75. The molecular weight excluding hydrogens is 530 g/mol. The van der Waals surface area contributed by atoms with Crippen LogP contribution in [0.1, 0.15) is 37.7 Å². The van der Waals surface area contributed by atoms with Crippen LogP contribution in [0.25, 0.3) is 0 Å². The highest BCUT2D eigenvalue weighted by molar-refractivity contribution is 7.92. The minimum Gasteiger partial charge on any atom is -0.377 e. The maximum atomic E-state index is 13.6. The third-order valence-corrected chi connectivity index (χ3v) is 10.3. The molecule has 0 radical (unpaired) electrons. The second-order valence-corrected chi connectivity index (χ2v) is 12.8. The van der Waals surface area contributed by atoms with E-state index >= 15 is 0 Å². The fourth-order valence-corrected chi connectivity index (χ4v) is 7.34. The Morgan fingerprint density at radius 2 is 1.97 bits per heavy atom. The van der Waals surface area contributed by atoms with Crippen molar-refractivity contribution in [2.45, 2.75) is 65.5 Å². The quantitative estimate of drug-likeness (QED) is 0.399. The summed E-state index contributed by atoms with van der Waals surface area (Å²) < 4.78 is 40.6. The minimum absolute atomic E-state index is 0.116. The standard InChI is InChI=1S/C24H23Cl2FN4O4S/c25-17-9-15(27)2-3-19(17)36(34,35)16-10-18(21(32)30-23(13-28)5-6-23)31(12-16)22(33)24(7-8-24)14-1-4-20(26)29-11-14/h1-4,9,11,16,18,22,33H,5-8,10,12H2,(H,30,32). The molecule has 2 saturated carbocycles. The van der Waals surface area contributed by atoms with E-state index in [-0.39, 0.29) is 22.9 Å². The number of benzene rings is 1. The molecule has 0 spiro atoms. The molecule has 1 saturated heterocycles. The predicted octanol–water partition coefficient (Wildman–Crippen LogP) is 2.97. The summed E-state index contributed by atoms with van der Waals surface area (Å²) in [5.74, 6) is -1.18. The van der Waals surface area contributed by atoms with Gasteiger partial charge in [-0.15, -0.1) is 0 Å². The van der Waals surface area contributed by atoms with Gasteiger partial charge in [0.25, 0.3) is 0 Å². The average molecular weight is 553 g/mol. The lowest BCUT2D eigenvalue weighted by Gasteiger charge is -2.34. The number of aliphatic hydroxyl groups excluding tert-OH is 1. The number of carbonyl (C=O) groups is 1. The van der Waals surface area contributed by atoms with E-state index < -0.39 is 50.0 Å². The molecule has 2 aliphatic carbocycles. The molecule has 190 valence electrons. The molecule has 3 atom stereocenters. The van der Waals surface area contributed by atoms with E-state index in [1.807, 2.05) is 0 Å². The Kier molecular flexibility index (Phi) is 6.29. The lowest BCUT2D eigenvalue weighted by molar-refractivity contribution is -0.131. The molecule has 1 aromatic heterocycles. The smallest absolute Gasteiger partial charge is 0.238 e. The highest BCUT2D eigenvalue weighted by atomic mass is 35.5. The van der Waals surface area contributed by atoms with Gasteiger partial charge < -0.3 is 10.4 Å². The molecule has 8 nitrogen and oxygen atoms in total. The van der Waals surface area contributed by atoms with Crippen LogP contribution < -0.4 is 5.32 Å². The summed E-state index contributed by atoms with van der Waals surface area (Å²) in [6.45, 7) is -0.141. The van der Waals surface area contributed by atoms with Gasteiger partial charge in [0.05, 0.1) is 27.3 Å². The molecule has 12 heteroatoms. The highest BCUT2D eigenvalue weighted by Crippen LogP contribution is 2.53. The number of halogens is 3. The maximum absolute atomic E-state index is 13.6. The molecule has 2 N–H and O–H groups in total. The Hall–Kier alpha value is -2.29. The first-order chi connectivity index (χ1) is 17.0. The van der Waals surface area contributed by atoms with Crippen molar-refractivity contribution < 1.29 is 22.7 Å². The van der Waals surface area contributed by atoms with E-state index in [0.29, 0.717) is 30.8 Å². The zero-order valence-electron chi connectivity index (χ0n) is 19.0. The molecule has 5 rings (SSSR count). The number of nitriles is 1. The van der Waals surface area contributed by atoms with Crippen molar-refractivity contribution in [2.24, 2.45) is 0 Å². The number of likely N-dealkylation sites (tertiary alicyclic amines) is 1. The largest absolute Gasteiger partial charge is 0.377 e. The molecular formula is C24H23Cl2FN4O4S. The number of rotatable bonds is 7. The van der Waals surface area contributed by atoms with E-state index in [4.69, 9.17) is 23.2 Å². The Labute approximate surface area is 217 Å². The number of nitrogens with one attached hydrogen (secondary N) is 1. The van der Waals surface area contributed by atoms with Crippen LogP contribution in [0.2, 0.25) is 10.2 Å². The minimum atomic E-state index is -4.07. The van der Waals surface area contributed by atoms with Crippen molar-refractivity contribution in [3.63, 3.8) is 0 Å². The van der Waals surface area contributed by atoms with Crippen molar-refractivity contribution in [2.75, 3.05) is 6.54 Å². The van der Waals surface area contributed by atoms with Crippen molar-refractivity contribution >= 4 is 38.9 Å². The van der Waals surface area contributed by atoms with E-state index in [0.717, 1.165) is 23.8 Å². The molecule has 3 fully saturated rings. The molecule has 3 unspecified atom stereocenters. The van der Waals surface area contributed by atoms with Gasteiger partial charge in [-0.3, -0.25) is 9.69 Å².